The largest absolute Gasteiger partial charge is 0.382 e. The van der Waals surface area contributed by atoms with Gasteiger partial charge in [0.25, 0.3) is 5.56 Å². The van der Waals surface area contributed by atoms with Crippen molar-refractivity contribution in [2.75, 3.05) is 17.6 Å². The van der Waals surface area contributed by atoms with Crippen LogP contribution in [-0.2, 0) is 6.42 Å². The molecule has 5 aromatic rings. The lowest BCUT2D eigenvalue weighted by Crippen LogP contribution is -2.26. The highest BCUT2D eigenvalue weighted by atomic mass is 19.1. The van der Waals surface area contributed by atoms with Gasteiger partial charge in [0.2, 0.25) is 0 Å². The first-order valence-electron chi connectivity index (χ1n) is 11.4. The van der Waals surface area contributed by atoms with Gasteiger partial charge in [-0.2, -0.15) is 0 Å². The molecule has 3 heterocycles. The molecule has 0 saturated heterocycles. The number of nitrogens with two attached hydrogens (primary N) is 1. The summed E-state index contributed by atoms with van der Waals surface area (Å²) in [6, 6.07) is 11.4. The van der Waals surface area contributed by atoms with Crippen LogP contribution in [0.1, 0.15) is 22.6 Å². The molecule has 3 N–H and O–H groups in total. The van der Waals surface area contributed by atoms with Crippen molar-refractivity contribution in [2.45, 2.75) is 13.3 Å². The number of benzene rings is 2. The summed E-state index contributed by atoms with van der Waals surface area (Å²) in [4.78, 5) is 34.7. The number of nitrogens with one attached hydrogen (secondary N) is 1. The minimum absolute atomic E-state index is 0.213. The second-order valence-corrected chi connectivity index (χ2v) is 8.12. The number of halogens is 1. The van der Waals surface area contributed by atoms with Crippen LogP contribution in [0.25, 0.3) is 16.6 Å². The van der Waals surface area contributed by atoms with Gasteiger partial charge in [-0.1, -0.05) is 24.1 Å². The highest BCUT2D eigenvalue weighted by molar-refractivity contribution is 5.81. The molecule has 2 aromatic carbocycles. The summed E-state index contributed by atoms with van der Waals surface area (Å²) < 4.78 is 15.5. The molecule has 9 nitrogen and oxygen atoms in total. The predicted octanol–water partition coefficient (Wildman–Crippen LogP) is 3.05. The van der Waals surface area contributed by atoms with E-state index in [1.54, 1.807) is 36.8 Å². The summed E-state index contributed by atoms with van der Waals surface area (Å²) in [6.45, 7) is 2.20. The Labute approximate surface area is 211 Å². The van der Waals surface area contributed by atoms with Crippen molar-refractivity contribution in [3.63, 3.8) is 0 Å². The number of anilines is 2. The normalized spacial score (nSPS) is 10.6. The first-order valence-corrected chi connectivity index (χ1v) is 11.4. The van der Waals surface area contributed by atoms with Crippen LogP contribution in [-0.4, -0.2) is 36.0 Å². The van der Waals surface area contributed by atoms with Crippen LogP contribution < -0.4 is 16.6 Å². The van der Waals surface area contributed by atoms with Gasteiger partial charge in [-0.05, 0) is 42.7 Å². The molecule has 0 aliphatic heterocycles. The summed E-state index contributed by atoms with van der Waals surface area (Å²) in [7, 11) is 0. The quantitative estimate of drug-likeness (QED) is 0.359. The van der Waals surface area contributed by atoms with E-state index in [0.717, 1.165) is 5.56 Å². The third-order valence-electron chi connectivity index (χ3n) is 5.64. The number of rotatable bonds is 5. The monoisotopic (exact) mass is 492 g/mol. The Morgan fingerprint density at radius 3 is 2.76 bits per heavy atom. The van der Waals surface area contributed by atoms with Gasteiger partial charge in [-0.15, -0.1) is 0 Å². The second kappa shape index (κ2) is 10.2. The van der Waals surface area contributed by atoms with Crippen LogP contribution in [0.5, 0.6) is 0 Å². The van der Waals surface area contributed by atoms with E-state index in [1.807, 2.05) is 19.1 Å². The van der Waals surface area contributed by atoms with E-state index in [4.69, 9.17) is 10.7 Å². The molecule has 0 unspecified atom stereocenters. The Balaban J connectivity index is 1.49. The Hall–Kier alpha value is -5.17. The molecule has 0 saturated carbocycles. The van der Waals surface area contributed by atoms with E-state index in [2.05, 4.69) is 37.1 Å². The molecule has 3 aromatic heterocycles. The van der Waals surface area contributed by atoms with Gasteiger partial charge in [0.1, 0.15) is 40.9 Å². The number of aromatic nitrogens is 6. The van der Waals surface area contributed by atoms with Gasteiger partial charge in [-0.3, -0.25) is 14.3 Å². The molecule has 0 bridgehead atoms. The first kappa shape index (κ1) is 23.6. The van der Waals surface area contributed by atoms with Crippen molar-refractivity contribution in [3.05, 3.63) is 106 Å². The van der Waals surface area contributed by atoms with Gasteiger partial charge in [0, 0.05) is 25.4 Å². The van der Waals surface area contributed by atoms with Crippen molar-refractivity contribution in [1.29, 1.82) is 0 Å². The van der Waals surface area contributed by atoms with Crippen molar-refractivity contribution >= 4 is 22.5 Å². The van der Waals surface area contributed by atoms with Crippen molar-refractivity contribution in [2.24, 2.45) is 0 Å². The van der Waals surface area contributed by atoms with Crippen molar-refractivity contribution in [3.8, 4) is 17.5 Å². The number of aryl methyl sites for hydroxylation is 1. The fourth-order valence-corrected chi connectivity index (χ4v) is 3.93. The molecule has 0 aliphatic carbocycles. The number of hydrogen-bond acceptors (Lipinski definition) is 8. The lowest BCUT2D eigenvalue weighted by atomic mass is 10.1. The second-order valence-electron chi connectivity index (χ2n) is 8.12. The van der Waals surface area contributed by atoms with E-state index in [1.165, 1.54) is 23.0 Å². The maximum absolute atomic E-state index is 14.1. The zero-order valence-corrected chi connectivity index (χ0v) is 19.8. The summed E-state index contributed by atoms with van der Waals surface area (Å²) in [5.74, 6) is 6.52. The fourth-order valence-electron chi connectivity index (χ4n) is 3.93. The predicted molar refractivity (Wildman–Crippen MR) is 139 cm³/mol. The zero-order chi connectivity index (χ0) is 25.8. The van der Waals surface area contributed by atoms with Crippen LogP contribution in [0.3, 0.4) is 0 Å². The molecule has 0 atom stereocenters. The SMILES string of the molecule is Cc1cccc2nc(CCNc3ncnc(N)c3C#Cc3cnccn3)n(-c3cccc(F)c3)c(=O)c12. The highest BCUT2D eigenvalue weighted by Gasteiger charge is 2.15. The van der Waals surface area contributed by atoms with E-state index >= 15 is 0 Å². The van der Waals surface area contributed by atoms with Gasteiger partial charge >= 0.3 is 0 Å². The topological polar surface area (TPSA) is 124 Å². The van der Waals surface area contributed by atoms with E-state index in [-0.39, 0.29) is 11.4 Å². The maximum atomic E-state index is 14.1. The zero-order valence-electron chi connectivity index (χ0n) is 19.8. The van der Waals surface area contributed by atoms with Crippen LogP contribution in [0.4, 0.5) is 16.0 Å². The molecule has 10 heteroatoms. The van der Waals surface area contributed by atoms with E-state index in [0.29, 0.717) is 52.5 Å². The Bertz CT molecular complexity index is 1720. The lowest BCUT2D eigenvalue weighted by Gasteiger charge is -2.15. The van der Waals surface area contributed by atoms with E-state index in [9.17, 15) is 9.18 Å². The molecule has 0 aliphatic rings. The molecule has 182 valence electrons. The summed E-state index contributed by atoms with van der Waals surface area (Å²) in [6.07, 6.45) is 6.31. The molecule has 37 heavy (non-hydrogen) atoms. The Morgan fingerprint density at radius 1 is 1.08 bits per heavy atom. The average molecular weight is 493 g/mol. The van der Waals surface area contributed by atoms with Crippen molar-refractivity contribution in [1.82, 2.24) is 29.5 Å². The minimum Gasteiger partial charge on any atom is -0.382 e. The molecule has 5 rings (SSSR count). The Kier molecular flexibility index (Phi) is 6.50. The van der Waals surface area contributed by atoms with E-state index < -0.39 is 5.82 Å². The maximum Gasteiger partial charge on any atom is 0.266 e. The number of fused-ring (bicyclic) bond motifs is 1. The van der Waals surface area contributed by atoms with Crippen LogP contribution >= 0.6 is 0 Å². The minimum atomic E-state index is -0.443. The standard InChI is InChI=1S/C27H21FN8O/c1-17-4-2-7-22-24(17)27(37)36(20-6-3-5-18(28)14-20)23(35-22)10-11-32-26-21(25(29)33-16-34-26)9-8-19-15-30-12-13-31-19/h2-7,12-16H,10-11H2,1H3,(H3,29,32,33,34). The number of nitrogen functional groups attached to an aromatic ring is 1. The van der Waals surface area contributed by atoms with Gasteiger partial charge in [0.05, 0.1) is 22.8 Å². The van der Waals surface area contributed by atoms with Gasteiger partial charge < -0.3 is 11.1 Å². The van der Waals surface area contributed by atoms with Crippen LogP contribution in [0, 0.1) is 24.6 Å². The fraction of sp³-hybridized carbons (Fsp3) is 0.111. The first-order chi connectivity index (χ1) is 18.0. The molecule has 0 spiro atoms. The number of nitrogens with zero attached hydrogens (tertiary/aromatic N) is 6. The summed E-state index contributed by atoms with van der Waals surface area (Å²) in [5, 5.41) is 3.70. The van der Waals surface area contributed by atoms with Crippen molar-refractivity contribution < 1.29 is 4.39 Å². The van der Waals surface area contributed by atoms with Crippen LogP contribution in [0.2, 0.25) is 0 Å². The lowest BCUT2D eigenvalue weighted by molar-refractivity contribution is 0.625. The highest BCUT2D eigenvalue weighted by Crippen LogP contribution is 2.19. The molecule has 0 radical (unpaired) electrons. The van der Waals surface area contributed by atoms with Crippen LogP contribution in [0.15, 0.2) is 72.2 Å². The average Bonchev–Trinajstić information content (AvgIpc) is 2.89. The molecular formula is C27H21FN8O. The molecule has 0 amide bonds. The summed E-state index contributed by atoms with van der Waals surface area (Å²) >= 11 is 0. The van der Waals surface area contributed by atoms with Gasteiger partial charge in [-0.25, -0.2) is 24.3 Å². The number of hydrogen-bond donors (Lipinski definition) is 2. The molecule has 0 fully saturated rings. The van der Waals surface area contributed by atoms with Gasteiger partial charge in [0.15, 0.2) is 0 Å². The molecular weight excluding hydrogens is 471 g/mol. The smallest absolute Gasteiger partial charge is 0.266 e. The summed E-state index contributed by atoms with van der Waals surface area (Å²) in [5.41, 5.74) is 8.47. The third-order valence-corrected chi connectivity index (χ3v) is 5.64. The third kappa shape index (κ3) is 4.97. The Morgan fingerprint density at radius 2 is 1.95 bits per heavy atom.